The molecule has 0 saturated carbocycles. The van der Waals surface area contributed by atoms with Crippen molar-refractivity contribution in [3.05, 3.63) is 56.9 Å². The molecular formula is C23H18BrCl2F4N3O4. The van der Waals surface area contributed by atoms with E-state index in [0.717, 1.165) is 17.0 Å². The van der Waals surface area contributed by atoms with E-state index in [4.69, 9.17) is 32.9 Å². The van der Waals surface area contributed by atoms with E-state index in [1.54, 1.807) is 19.9 Å². The molecule has 1 aromatic rings. The minimum Gasteiger partial charge on any atom is -0.374 e. The first-order valence-corrected chi connectivity index (χ1v) is 12.3. The standard InChI is InChI=1S/C23H18BrCl2F4N3O4/c1-11-8-21(2,4-3-13(11)20(35)33(10-34)18-7-17(24)32-36-18)16-9-22(37-31-16,23(28,29)30)12-5-14(25)19(27)15(26)6-12/h3,5-6,8,10,18H,4,7,9H2,1-2H3. The third kappa shape index (κ3) is 4.79. The van der Waals surface area contributed by atoms with E-state index in [-0.39, 0.29) is 24.1 Å². The number of allylic oxidation sites excluding steroid dienone is 2. The van der Waals surface area contributed by atoms with E-state index in [0.29, 0.717) is 16.6 Å². The molecule has 14 heteroatoms. The number of hydrogen-bond donors (Lipinski definition) is 0. The van der Waals surface area contributed by atoms with E-state index in [1.807, 2.05) is 0 Å². The predicted octanol–water partition coefficient (Wildman–Crippen LogP) is 6.39. The van der Waals surface area contributed by atoms with E-state index in [9.17, 15) is 27.2 Å². The van der Waals surface area contributed by atoms with Gasteiger partial charge in [-0.2, -0.15) is 13.2 Å². The third-order valence-corrected chi connectivity index (χ3v) is 7.51. The molecule has 0 spiro atoms. The lowest BCUT2D eigenvalue weighted by Crippen LogP contribution is -2.44. The average molecular weight is 627 g/mol. The van der Waals surface area contributed by atoms with Crippen molar-refractivity contribution in [1.82, 2.24) is 4.90 Å². The molecular weight excluding hydrogens is 609 g/mol. The number of halogens is 7. The molecule has 0 aromatic heterocycles. The van der Waals surface area contributed by atoms with Crippen LogP contribution < -0.4 is 0 Å². The molecule has 0 saturated heterocycles. The molecule has 198 valence electrons. The quantitative estimate of drug-likeness (QED) is 0.216. The van der Waals surface area contributed by atoms with Gasteiger partial charge < -0.3 is 9.68 Å². The number of hydrogen-bond acceptors (Lipinski definition) is 6. The van der Waals surface area contributed by atoms with Crippen molar-refractivity contribution in [1.29, 1.82) is 0 Å². The highest BCUT2D eigenvalue weighted by Crippen LogP contribution is 2.52. The molecule has 0 N–H and O–H groups in total. The van der Waals surface area contributed by atoms with E-state index in [2.05, 4.69) is 26.2 Å². The van der Waals surface area contributed by atoms with Gasteiger partial charge in [-0.1, -0.05) is 52.6 Å². The van der Waals surface area contributed by atoms with Crippen LogP contribution in [0.25, 0.3) is 0 Å². The smallest absolute Gasteiger partial charge is 0.374 e. The normalized spacial score (nSPS) is 27.4. The Balaban J connectivity index is 1.60. The Morgan fingerprint density at radius 2 is 1.92 bits per heavy atom. The van der Waals surface area contributed by atoms with Crippen LogP contribution in [0.3, 0.4) is 0 Å². The molecule has 1 aromatic carbocycles. The van der Waals surface area contributed by atoms with Gasteiger partial charge >= 0.3 is 6.18 Å². The zero-order valence-electron chi connectivity index (χ0n) is 19.2. The van der Waals surface area contributed by atoms with Gasteiger partial charge in [0, 0.05) is 23.0 Å². The molecule has 7 nitrogen and oxygen atoms in total. The fourth-order valence-corrected chi connectivity index (χ4v) is 5.26. The number of alkyl halides is 3. The summed E-state index contributed by atoms with van der Waals surface area (Å²) in [6, 6.07) is 1.63. The van der Waals surface area contributed by atoms with Crippen molar-refractivity contribution >= 4 is 61.8 Å². The van der Waals surface area contributed by atoms with Crippen molar-refractivity contribution < 1.29 is 36.8 Å². The first-order chi connectivity index (χ1) is 17.2. The topological polar surface area (TPSA) is 80.6 Å². The monoisotopic (exact) mass is 625 g/mol. The minimum absolute atomic E-state index is 0.0483. The number of nitrogens with zero attached hydrogens (tertiary/aromatic N) is 3. The van der Waals surface area contributed by atoms with Gasteiger partial charge in [0.15, 0.2) is 5.82 Å². The number of carbonyl (C=O) groups is 2. The Labute approximate surface area is 226 Å². The maximum atomic E-state index is 14.4. The van der Waals surface area contributed by atoms with Crippen LogP contribution >= 0.6 is 39.1 Å². The molecule has 37 heavy (non-hydrogen) atoms. The molecule has 2 heterocycles. The van der Waals surface area contributed by atoms with Crippen LogP contribution in [-0.4, -0.2) is 40.0 Å². The molecule has 4 rings (SSSR count). The summed E-state index contributed by atoms with van der Waals surface area (Å²) in [5.41, 5.74) is -3.83. The number of oxime groups is 2. The Morgan fingerprint density at radius 3 is 2.43 bits per heavy atom. The van der Waals surface area contributed by atoms with Crippen molar-refractivity contribution in [2.24, 2.45) is 15.7 Å². The van der Waals surface area contributed by atoms with E-state index >= 15 is 0 Å². The lowest BCUT2D eigenvalue weighted by molar-refractivity contribution is -0.275. The fraction of sp³-hybridized carbons (Fsp3) is 0.391. The second kappa shape index (κ2) is 9.70. The number of rotatable bonds is 5. The van der Waals surface area contributed by atoms with Gasteiger partial charge in [-0.25, -0.2) is 9.29 Å². The van der Waals surface area contributed by atoms with Crippen LogP contribution in [0.2, 0.25) is 10.0 Å². The van der Waals surface area contributed by atoms with Crippen LogP contribution in [0.15, 0.2) is 45.7 Å². The predicted molar refractivity (Wildman–Crippen MR) is 131 cm³/mol. The Hall–Kier alpha value is -2.44. The average Bonchev–Trinajstić information content (AvgIpc) is 3.45. The first-order valence-electron chi connectivity index (χ1n) is 10.8. The van der Waals surface area contributed by atoms with E-state index < -0.39 is 57.2 Å². The van der Waals surface area contributed by atoms with Gasteiger partial charge in [-0.05, 0) is 47.0 Å². The number of carbonyl (C=O) groups excluding carboxylic acids is 2. The van der Waals surface area contributed by atoms with Gasteiger partial charge in [0.2, 0.25) is 12.6 Å². The lowest BCUT2D eigenvalue weighted by Gasteiger charge is -2.33. The van der Waals surface area contributed by atoms with Gasteiger partial charge in [0.05, 0.1) is 22.2 Å². The van der Waals surface area contributed by atoms with Crippen LogP contribution in [0.1, 0.15) is 38.7 Å². The summed E-state index contributed by atoms with van der Waals surface area (Å²) >= 11 is 14.7. The fourth-order valence-electron chi connectivity index (χ4n) is 4.42. The summed E-state index contributed by atoms with van der Waals surface area (Å²) in [6.45, 7) is 3.25. The van der Waals surface area contributed by atoms with Crippen molar-refractivity contribution in [2.45, 2.75) is 51.1 Å². The van der Waals surface area contributed by atoms with Crippen molar-refractivity contribution in [3.63, 3.8) is 0 Å². The van der Waals surface area contributed by atoms with Crippen LogP contribution in [-0.2, 0) is 24.9 Å². The zero-order chi connectivity index (χ0) is 27.3. The van der Waals surface area contributed by atoms with E-state index in [1.165, 1.54) is 6.08 Å². The largest absolute Gasteiger partial charge is 0.435 e. The Morgan fingerprint density at radius 1 is 1.27 bits per heavy atom. The van der Waals surface area contributed by atoms with Gasteiger partial charge in [0.1, 0.15) is 4.62 Å². The Bertz CT molecular complexity index is 1280. The summed E-state index contributed by atoms with van der Waals surface area (Å²) < 4.78 is 57.4. The Kier molecular flexibility index (Phi) is 7.23. The number of imide groups is 1. The van der Waals surface area contributed by atoms with Crippen molar-refractivity contribution in [3.8, 4) is 0 Å². The van der Waals surface area contributed by atoms with Crippen LogP contribution in [0, 0.1) is 11.2 Å². The SMILES string of the molecule is CC1=CC(C)(C2=NOC(c3cc(Cl)c(F)c(Cl)c3)(C(F)(F)F)C2)CC=C1C(=O)N(C=O)C1CC(Br)=NO1. The minimum atomic E-state index is -4.95. The number of amides is 2. The second-order valence-electron chi connectivity index (χ2n) is 9.00. The van der Waals surface area contributed by atoms with Crippen molar-refractivity contribution in [2.75, 3.05) is 0 Å². The molecule has 3 unspecified atom stereocenters. The van der Waals surface area contributed by atoms with Crippen LogP contribution in [0.5, 0.6) is 0 Å². The summed E-state index contributed by atoms with van der Waals surface area (Å²) in [6.07, 6.45) is -2.85. The van der Waals surface area contributed by atoms with Gasteiger partial charge in [-0.3, -0.25) is 9.59 Å². The maximum absolute atomic E-state index is 14.4. The molecule has 0 fully saturated rings. The van der Waals surface area contributed by atoms with Crippen LogP contribution in [0.4, 0.5) is 17.6 Å². The first kappa shape index (κ1) is 27.6. The molecule has 3 atom stereocenters. The summed E-state index contributed by atoms with van der Waals surface area (Å²) in [5.74, 6) is -1.69. The van der Waals surface area contributed by atoms with Gasteiger partial charge in [-0.15, -0.1) is 0 Å². The lowest BCUT2D eigenvalue weighted by atomic mass is 9.72. The summed E-state index contributed by atoms with van der Waals surface area (Å²) in [5, 5.41) is 6.29. The molecule has 0 bridgehead atoms. The summed E-state index contributed by atoms with van der Waals surface area (Å²) in [7, 11) is 0. The number of benzene rings is 1. The molecule has 3 aliphatic rings. The molecule has 1 aliphatic carbocycles. The highest BCUT2D eigenvalue weighted by molar-refractivity contribution is 9.18. The highest BCUT2D eigenvalue weighted by Gasteiger charge is 2.63. The second-order valence-corrected chi connectivity index (χ2v) is 10.7. The molecule has 2 amide bonds. The highest BCUT2D eigenvalue weighted by atomic mass is 79.9. The van der Waals surface area contributed by atoms with Gasteiger partial charge in [0.25, 0.3) is 11.5 Å². The summed E-state index contributed by atoms with van der Waals surface area (Å²) in [4.78, 5) is 35.7. The maximum Gasteiger partial charge on any atom is 0.435 e. The molecule has 0 radical (unpaired) electrons. The zero-order valence-corrected chi connectivity index (χ0v) is 22.3. The molecule has 2 aliphatic heterocycles. The third-order valence-electron chi connectivity index (χ3n) is 6.49.